The minimum Gasteiger partial charge on any atom is -0.481 e. The van der Waals surface area contributed by atoms with Crippen molar-refractivity contribution in [2.45, 2.75) is 84.2 Å². The number of hydrogen-bond acceptors (Lipinski definition) is 4. The van der Waals surface area contributed by atoms with Crippen molar-refractivity contribution in [1.29, 1.82) is 0 Å². The molecule has 0 saturated heterocycles. The molecule has 3 aromatic rings. The lowest BCUT2D eigenvalue weighted by Crippen LogP contribution is -2.37. The summed E-state index contributed by atoms with van der Waals surface area (Å²) in [5.41, 5.74) is 2.32. The highest BCUT2D eigenvalue weighted by Gasteiger charge is 2.28. The van der Waals surface area contributed by atoms with Crippen LogP contribution in [0.3, 0.4) is 0 Å². The first-order valence-electron chi connectivity index (χ1n) is 12.9. The van der Waals surface area contributed by atoms with Gasteiger partial charge in [0.15, 0.2) is 0 Å². The molecule has 1 aliphatic carbocycles. The third kappa shape index (κ3) is 5.95. The zero-order chi connectivity index (χ0) is 24.9. The maximum Gasteiger partial charge on any atom is 0.305 e. The van der Waals surface area contributed by atoms with E-state index in [9.17, 15) is 14.7 Å². The number of nitrogens with one attached hydrogen (secondary N) is 1. The SMILES string of the molecule is CCC(C)CC(CC(=O)O)NC(=O)c1ccc2c(c1)nc(Cc1ccco1)n2C1CCCCC1C. The van der Waals surface area contributed by atoms with Crippen LogP contribution in [-0.2, 0) is 11.2 Å². The molecule has 2 heterocycles. The molecular formula is C28H37N3O4. The Kier molecular flexibility index (Phi) is 7.93. The first kappa shape index (κ1) is 25.0. The molecule has 4 unspecified atom stereocenters. The van der Waals surface area contributed by atoms with Crippen LogP contribution in [0, 0.1) is 11.8 Å². The van der Waals surface area contributed by atoms with Crippen LogP contribution in [0.25, 0.3) is 11.0 Å². The van der Waals surface area contributed by atoms with Gasteiger partial charge in [-0.3, -0.25) is 9.59 Å². The Bertz CT molecular complexity index is 1150. The highest BCUT2D eigenvalue weighted by Crippen LogP contribution is 2.37. The maximum atomic E-state index is 13.1. The first-order chi connectivity index (χ1) is 16.9. The van der Waals surface area contributed by atoms with E-state index in [1.54, 1.807) is 6.26 Å². The van der Waals surface area contributed by atoms with Gasteiger partial charge >= 0.3 is 5.97 Å². The fourth-order valence-corrected chi connectivity index (χ4v) is 5.36. The van der Waals surface area contributed by atoms with Gasteiger partial charge in [-0.2, -0.15) is 0 Å². The molecule has 0 spiro atoms. The van der Waals surface area contributed by atoms with E-state index in [-0.39, 0.29) is 12.3 Å². The van der Waals surface area contributed by atoms with Crippen LogP contribution in [0.4, 0.5) is 0 Å². The predicted molar refractivity (Wildman–Crippen MR) is 135 cm³/mol. The van der Waals surface area contributed by atoms with Crippen LogP contribution in [0.1, 0.15) is 93.7 Å². The Morgan fingerprint density at radius 1 is 1.26 bits per heavy atom. The lowest BCUT2D eigenvalue weighted by molar-refractivity contribution is -0.137. The minimum atomic E-state index is -0.906. The number of amides is 1. The Labute approximate surface area is 206 Å². The van der Waals surface area contributed by atoms with E-state index in [2.05, 4.69) is 30.7 Å². The Morgan fingerprint density at radius 2 is 2.06 bits per heavy atom. The molecule has 0 radical (unpaired) electrons. The summed E-state index contributed by atoms with van der Waals surface area (Å²) >= 11 is 0. The fourth-order valence-electron chi connectivity index (χ4n) is 5.36. The Hall–Kier alpha value is -3.09. The molecule has 188 valence electrons. The smallest absolute Gasteiger partial charge is 0.305 e. The minimum absolute atomic E-state index is 0.0835. The second kappa shape index (κ2) is 11.1. The molecule has 4 atom stereocenters. The number of carbonyl (C=O) groups is 2. The van der Waals surface area contributed by atoms with Crippen molar-refractivity contribution < 1.29 is 19.1 Å². The monoisotopic (exact) mass is 479 g/mol. The molecule has 7 heteroatoms. The molecule has 1 saturated carbocycles. The summed E-state index contributed by atoms with van der Waals surface area (Å²) in [6, 6.07) is 9.48. The van der Waals surface area contributed by atoms with Crippen LogP contribution >= 0.6 is 0 Å². The normalized spacial score (nSPS) is 20.0. The number of benzene rings is 1. The summed E-state index contributed by atoms with van der Waals surface area (Å²) in [4.78, 5) is 29.4. The number of hydrogen-bond donors (Lipinski definition) is 2. The maximum absolute atomic E-state index is 13.1. The third-order valence-electron chi connectivity index (χ3n) is 7.48. The van der Waals surface area contributed by atoms with Crippen LogP contribution in [0.5, 0.6) is 0 Å². The molecule has 1 aromatic carbocycles. The molecule has 0 aliphatic heterocycles. The van der Waals surface area contributed by atoms with Crippen LogP contribution in [0.2, 0.25) is 0 Å². The van der Waals surface area contributed by atoms with Gasteiger partial charge in [0.1, 0.15) is 11.6 Å². The average Bonchev–Trinajstić information content (AvgIpc) is 3.46. The molecule has 1 fully saturated rings. The standard InChI is InChI=1S/C28H37N3O4/c1-4-18(2)14-21(16-27(32)33)29-28(34)20-11-12-25-23(15-20)30-26(17-22-9-7-13-35-22)31(25)24-10-6-5-8-19(24)3/h7,9,11-13,15,18-19,21,24H,4-6,8,10,14,16-17H2,1-3H3,(H,29,34)(H,32,33). The van der Waals surface area contributed by atoms with E-state index in [1.807, 2.05) is 30.3 Å². The van der Waals surface area contributed by atoms with E-state index in [0.717, 1.165) is 35.5 Å². The van der Waals surface area contributed by atoms with Gasteiger partial charge in [0.2, 0.25) is 0 Å². The highest BCUT2D eigenvalue weighted by atomic mass is 16.4. The van der Waals surface area contributed by atoms with Gasteiger partial charge in [-0.1, -0.05) is 40.0 Å². The zero-order valence-electron chi connectivity index (χ0n) is 21.0. The lowest BCUT2D eigenvalue weighted by atomic mass is 9.85. The van der Waals surface area contributed by atoms with E-state index in [1.165, 1.54) is 19.3 Å². The Balaban J connectivity index is 1.64. The summed E-state index contributed by atoms with van der Waals surface area (Å²) < 4.78 is 7.98. The van der Waals surface area contributed by atoms with Crippen molar-refractivity contribution in [3.05, 3.63) is 53.7 Å². The molecule has 1 aliphatic rings. The van der Waals surface area contributed by atoms with Crippen molar-refractivity contribution in [2.24, 2.45) is 11.8 Å². The van der Waals surface area contributed by atoms with Gasteiger partial charge in [0.05, 0.1) is 30.1 Å². The molecule has 4 rings (SSSR count). The summed E-state index contributed by atoms with van der Waals surface area (Å²) in [6.45, 7) is 6.46. The molecule has 0 bridgehead atoms. The average molecular weight is 480 g/mol. The van der Waals surface area contributed by atoms with Gasteiger partial charge in [0, 0.05) is 17.6 Å². The zero-order valence-corrected chi connectivity index (χ0v) is 21.0. The summed E-state index contributed by atoms with van der Waals surface area (Å²) in [7, 11) is 0. The number of nitrogens with zero attached hydrogens (tertiary/aromatic N) is 2. The molecular weight excluding hydrogens is 442 g/mol. The summed E-state index contributed by atoms with van der Waals surface area (Å²) in [5, 5.41) is 12.3. The number of rotatable bonds is 10. The van der Waals surface area contributed by atoms with Gasteiger partial charge < -0.3 is 19.4 Å². The van der Waals surface area contributed by atoms with Gasteiger partial charge in [-0.25, -0.2) is 4.98 Å². The van der Waals surface area contributed by atoms with Crippen molar-refractivity contribution >= 4 is 22.9 Å². The van der Waals surface area contributed by atoms with Crippen LogP contribution in [-0.4, -0.2) is 32.6 Å². The van der Waals surface area contributed by atoms with E-state index in [0.29, 0.717) is 36.3 Å². The molecule has 2 aromatic heterocycles. The number of carboxylic acid groups (broad SMARTS) is 1. The molecule has 35 heavy (non-hydrogen) atoms. The number of furan rings is 1. The van der Waals surface area contributed by atoms with Crippen molar-refractivity contribution in [1.82, 2.24) is 14.9 Å². The second-order valence-corrected chi connectivity index (χ2v) is 10.2. The number of carboxylic acids is 1. The van der Waals surface area contributed by atoms with E-state index in [4.69, 9.17) is 9.40 Å². The van der Waals surface area contributed by atoms with E-state index < -0.39 is 12.0 Å². The second-order valence-electron chi connectivity index (χ2n) is 10.2. The van der Waals surface area contributed by atoms with Crippen molar-refractivity contribution in [3.8, 4) is 0 Å². The first-order valence-corrected chi connectivity index (χ1v) is 12.9. The molecule has 2 N–H and O–H groups in total. The number of fused-ring (bicyclic) bond motifs is 1. The van der Waals surface area contributed by atoms with Gasteiger partial charge in [0.25, 0.3) is 5.91 Å². The van der Waals surface area contributed by atoms with Gasteiger partial charge in [-0.15, -0.1) is 0 Å². The number of carbonyl (C=O) groups excluding carboxylic acids is 1. The number of aromatic nitrogens is 2. The Morgan fingerprint density at radius 3 is 2.74 bits per heavy atom. The molecule has 7 nitrogen and oxygen atoms in total. The van der Waals surface area contributed by atoms with Crippen molar-refractivity contribution in [2.75, 3.05) is 0 Å². The topological polar surface area (TPSA) is 97.4 Å². The number of aliphatic carboxylic acids is 1. The largest absolute Gasteiger partial charge is 0.481 e. The van der Waals surface area contributed by atoms with E-state index >= 15 is 0 Å². The third-order valence-corrected chi connectivity index (χ3v) is 7.48. The van der Waals surface area contributed by atoms with Gasteiger partial charge in [-0.05, 0) is 61.4 Å². The summed E-state index contributed by atoms with van der Waals surface area (Å²) in [5.74, 6) is 1.54. The lowest BCUT2D eigenvalue weighted by Gasteiger charge is -2.31. The fraction of sp³-hybridized carbons (Fsp3) is 0.536. The van der Waals surface area contributed by atoms with Crippen molar-refractivity contribution in [3.63, 3.8) is 0 Å². The quantitative estimate of drug-likeness (QED) is 0.373. The predicted octanol–water partition coefficient (Wildman–Crippen LogP) is 5.98. The summed E-state index contributed by atoms with van der Waals surface area (Å²) in [6.07, 6.45) is 8.56. The highest BCUT2D eigenvalue weighted by molar-refractivity contribution is 5.97. The van der Waals surface area contributed by atoms with Crippen LogP contribution in [0.15, 0.2) is 41.0 Å². The molecule has 1 amide bonds. The van der Waals surface area contributed by atoms with Crippen LogP contribution < -0.4 is 5.32 Å². The number of imidazole rings is 1.